The van der Waals surface area contributed by atoms with Crippen molar-refractivity contribution >= 4 is 52.2 Å². The molecule has 24 heavy (non-hydrogen) atoms. The predicted molar refractivity (Wildman–Crippen MR) is 87.3 cm³/mol. The first-order valence-corrected chi connectivity index (χ1v) is 7.56. The van der Waals surface area contributed by atoms with Crippen molar-refractivity contribution in [3.8, 4) is 0 Å². The number of hydrogen-bond acceptors (Lipinski definition) is 6. The summed E-state index contributed by atoms with van der Waals surface area (Å²) in [5.74, 6) is -2.03. The molecule has 0 unspecified atom stereocenters. The number of non-ortho nitro benzene ring substituents is 1. The number of halogens is 1. The van der Waals surface area contributed by atoms with Crippen LogP contribution in [0.2, 0.25) is 0 Å². The molecule has 2 rings (SSSR count). The summed E-state index contributed by atoms with van der Waals surface area (Å²) >= 11 is 6.59. The number of thioether (sulfide) groups is 1. The zero-order valence-electron chi connectivity index (χ0n) is 11.8. The molecule has 0 atom stereocenters. The molecule has 0 saturated carbocycles. The van der Waals surface area contributed by atoms with Crippen LogP contribution in [0.15, 0.2) is 40.3 Å². The SMILES string of the molecule is O=C(O)CN1C(=O)S/C(=C\C(Cl)=C\c2ccc([N+](=O)[O-])cc2)C1=O. The molecule has 1 heterocycles. The number of carbonyl (C=O) groups excluding carboxylic acids is 2. The van der Waals surface area contributed by atoms with Crippen molar-refractivity contribution < 1.29 is 24.4 Å². The van der Waals surface area contributed by atoms with Gasteiger partial charge in [0.1, 0.15) is 6.54 Å². The summed E-state index contributed by atoms with van der Waals surface area (Å²) in [6.07, 6.45) is 2.70. The number of rotatable bonds is 5. The lowest BCUT2D eigenvalue weighted by Gasteiger charge is -2.07. The van der Waals surface area contributed by atoms with E-state index >= 15 is 0 Å². The fourth-order valence-corrected chi connectivity index (χ4v) is 2.92. The smallest absolute Gasteiger partial charge is 0.323 e. The molecule has 0 radical (unpaired) electrons. The number of aliphatic carboxylic acids is 1. The Morgan fingerprint density at radius 3 is 2.50 bits per heavy atom. The van der Waals surface area contributed by atoms with Crippen LogP contribution in [0.5, 0.6) is 0 Å². The van der Waals surface area contributed by atoms with Crippen LogP contribution < -0.4 is 0 Å². The van der Waals surface area contributed by atoms with Crippen LogP contribution in [0.4, 0.5) is 10.5 Å². The monoisotopic (exact) mass is 368 g/mol. The van der Waals surface area contributed by atoms with E-state index < -0.39 is 28.6 Å². The van der Waals surface area contributed by atoms with Gasteiger partial charge in [-0.15, -0.1) is 0 Å². The van der Waals surface area contributed by atoms with E-state index in [9.17, 15) is 24.5 Å². The first kappa shape index (κ1) is 17.7. The Bertz CT molecular complexity index is 787. The van der Waals surface area contributed by atoms with Crippen molar-refractivity contribution in [3.63, 3.8) is 0 Å². The third kappa shape index (κ3) is 4.21. The quantitative estimate of drug-likeness (QED) is 0.482. The van der Waals surface area contributed by atoms with Crippen molar-refractivity contribution in [2.24, 2.45) is 0 Å². The minimum atomic E-state index is -1.30. The number of carboxylic acid groups (broad SMARTS) is 1. The molecule has 1 aromatic carbocycles. The van der Waals surface area contributed by atoms with Gasteiger partial charge in [-0.05, 0) is 41.6 Å². The molecule has 124 valence electrons. The average molecular weight is 369 g/mol. The number of carbonyl (C=O) groups is 3. The number of carboxylic acids is 1. The van der Waals surface area contributed by atoms with E-state index in [1.165, 1.54) is 36.4 Å². The third-order valence-electron chi connectivity index (χ3n) is 2.84. The molecule has 0 aromatic heterocycles. The second kappa shape index (κ2) is 7.28. The van der Waals surface area contributed by atoms with Gasteiger partial charge in [0, 0.05) is 17.2 Å². The minimum absolute atomic E-state index is 0.00408. The van der Waals surface area contributed by atoms with Crippen LogP contribution in [0.1, 0.15) is 5.56 Å². The van der Waals surface area contributed by atoms with Gasteiger partial charge >= 0.3 is 5.97 Å². The Labute approximate surface area is 144 Å². The fourth-order valence-electron chi connectivity index (χ4n) is 1.79. The summed E-state index contributed by atoms with van der Waals surface area (Å²) in [5, 5.41) is 18.7. The normalized spacial score (nSPS) is 16.8. The minimum Gasteiger partial charge on any atom is -0.480 e. The van der Waals surface area contributed by atoms with Gasteiger partial charge in [-0.3, -0.25) is 29.4 Å². The van der Waals surface area contributed by atoms with Crippen molar-refractivity contribution in [3.05, 3.63) is 56.0 Å². The molecule has 8 nitrogen and oxygen atoms in total. The molecule has 1 N–H and O–H groups in total. The van der Waals surface area contributed by atoms with Crippen molar-refractivity contribution in [1.82, 2.24) is 4.90 Å². The van der Waals surface area contributed by atoms with Crippen LogP contribution in [0, 0.1) is 10.1 Å². The number of hydrogen-bond donors (Lipinski definition) is 1. The number of nitro benzene ring substituents is 1. The molecule has 0 spiro atoms. The van der Waals surface area contributed by atoms with Gasteiger partial charge in [0.2, 0.25) is 0 Å². The van der Waals surface area contributed by atoms with Crippen LogP contribution >= 0.6 is 23.4 Å². The number of benzene rings is 1. The zero-order valence-corrected chi connectivity index (χ0v) is 13.4. The first-order valence-electron chi connectivity index (χ1n) is 6.37. The molecule has 1 aliphatic rings. The molecule has 0 bridgehead atoms. The van der Waals surface area contributed by atoms with Crippen LogP contribution in [-0.2, 0) is 9.59 Å². The summed E-state index contributed by atoms with van der Waals surface area (Å²) in [6, 6.07) is 5.56. The molecule has 2 amide bonds. The van der Waals surface area contributed by atoms with E-state index in [1.807, 2.05) is 0 Å². The first-order chi connectivity index (χ1) is 11.3. The third-order valence-corrected chi connectivity index (χ3v) is 3.97. The van der Waals surface area contributed by atoms with Gasteiger partial charge in [-0.1, -0.05) is 11.6 Å². The van der Waals surface area contributed by atoms with E-state index in [1.54, 1.807) is 0 Å². The summed E-state index contributed by atoms with van der Waals surface area (Å²) in [6.45, 7) is -0.717. The number of nitro groups is 1. The summed E-state index contributed by atoms with van der Waals surface area (Å²) < 4.78 is 0. The standard InChI is InChI=1S/C14H9ClN2O6S/c15-9(5-8-1-3-10(4-2-8)17(22)23)6-11-13(20)16(7-12(18)19)14(21)24-11/h1-6H,7H2,(H,18,19)/b9-5-,11-6-. The second-order valence-corrected chi connectivity index (χ2v) is 5.97. The van der Waals surface area contributed by atoms with Gasteiger partial charge < -0.3 is 5.11 Å². The van der Waals surface area contributed by atoms with Gasteiger partial charge in [-0.2, -0.15) is 0 Å². The Hall–Kier alpha value is -2.65. The van der Waals surface area contributed by atoms with Crippen molar-refractivity contribution in [2.45, 2.75) is 0 Å². The lowest BCUT2D eigenvalue weighted by Crippen LogP contribution is -2.33. The second-order valence-electron chi connectivity index (χ2n) is 4.54. The molecular weight excluding hydrogens is 360 g/mol. The van der Waals surface area contributed by atoms with E-state index in [4.69, 9.17) is 16.7 Å². The molecule has 1 fully saturated rings. The molecule has 0 aliphatic carbocycles. The van der Waals surface area contributed by atoms with Crippen LogP contribution in [0.3, 0.4) is 0 Å². The van der Waals surface area contributed by atoms with Crippen LogP contribution in [-0.4, -0.2) is 38.6 Å². The molecule has 1 aliphatic heterocycles. The van der Waals surface area contributed by atoms with Crippen molar-refractivity contribution in [1.29, 1.82) is 0 Å². The number of nitrogens with zero attached hydrogens (tertiary/aromatic N) is 2. The predicted octanol–water partition coefficient (Wildman–Crippen LogP) is 2.84. The highest BCUT2D eigenvalue weighted by Gasteiger charge is 2.36. The van der Waals surface area contributed by atoms with Gasteiger partial charge in [-0.25, -0.2) is 0 Å². The Morgan fingerprint density at radius 1 is 1.33 bits per heavy atom. The number of allylic oxidation sites excluding steroid dienone is 2. The number of imide groups is 1. The summed E-state index contributed by atoms with van der Waals surface area (Å²) in [5.41, 5.74) is 0.490. The highest BCUT2D eigenvalue weighted by molar-refractivity contribution is 8.18. The maximum absolute atomic E-state index is 12.0. The van der Waals surface area contributed by atoms with E-state index in [0.29, 0.717) is 22.2 Å². The average Bonchev–Trinajstić information content (AvgIpc) is 2.75. The van der Waals surface area contributed by atoms with E-state index in [2.05, 4.69) is 0 Å². The molecule has 1 aromatic rings. The highest BCUT2D eigenvalue weighted by atomic mass is 35.5. The largest absolute Gasteiger partial charge is 0.480 e. The van der Waals surface area contributed by atoms with E-state index in [0.717, 1.165) is 0 Å². The lowest BCUT2D eigenvalue weighted by molar-refractivity contribution is -0.384. The maximum atomic E-state index is 12.0. The maximum Gasteiger partial charge on any atom is 0.323 e. The molecule has 1 saturated heterocycles. The van der Waals surface area contributed by atoms with Gasteiger partial charge in [0.05, 0.1) is 9.83 Å². The van der Waals surface area contributed by atoms with Crippen molar-refractivity contribution in [2.75, 3.05) is 6.54 Å². The lowest BCUT2D eigenvalue weighted by atomic mass is 10.2. The molecular formula is C14H9ClN2O6S. The summed E-state index contributed by atoms with van der Waals surface area (Å²) in [4.78, 5) is 44.8. The Kier molecular flexibility index (Phi) is 5.37. The molecule has 10 heteroatoms. The van der Waals surface area contributed by atoms with Gasteiger partial charge in [0.25, 0.3) is 16.8 Å². The highest BCUT2D eigenvalue weighted by Crippen LogP contribution is 2.32. The zero-order chi connectivity index (χ0) is 17.9. The Morgan fingerprint density at radius 2 is 1.96 bits per heavy atom. The van der Waals surface area contributed by atoms with E-state index in [-0.39, 0.29) is 15.6 Å². The summed E-state index contributed by atoms with van der Waals surface area (Å²) in [7, 11) is 0. The number of amides is 2. The Balaban J connectivity index is 2.18. The fraction of sp³-hybridized carbons (Fsp3) is 0.0714. The van der Waals surface area contributed by atoms with Gasteiger partial charge in [0.15, 0.2) is 0 Å². The van der Waals surface area contributed by atoms with Crippen LogP contribution in [0.25, 0.3) is 6.08 Å². The topological polar surface area (TPSA) is 118 Å².